The molecule has 0 amide bonds. The summed E-state index contributed by atoms with van der Waals surface area (Å²) in [6, 6.07) is 1.98. The van der Waals surface area contributed by atoms with E-state index in [1.807, 2.05) is 13.0 Å². The van der Waals surface area contributed by atoms with Gasteiger partial charge in [0.2, 0.25) is 0 Å². The van der Waals surface area contributed by atoms with Gasteiger partial charge in [-0.05, 0) is 37.8 Å². The molecule has 0 saturated carbocycles. The van der Waals surface area contributed by atoms with Crippen molar-refractivity contribution in [2.24, 2.45) is 11.7 Å². The van der Waals surface area contributed by atoms with Gasteiger partial charge in [-0.15, -0.1) is 11.3 Å². The van der Waals surface area contributed by atoms with Gasteiger partial charge < -0.3 is 10.5 Å². The van der Waals surface area contributed by atoms with Gasteiger partial charge in [0.05, 0.1) is 17.4 Å². The van der Waals surface area contributed by atoms with E-state index in [0.29, 0.717) is 6.61 Å². The highest BCUT2D eigenvalue weighted by Gasteiger charge is 2.27. The minimum absolute atomic E-state index is 0.0269. The van der Waals surface area contributed by atoms with Crippen LogP contribution in [0.4, 0.5) is 0 Å². The maximum absolute atomic E-state index is 11.7. The van der Waals surface area contributed by atoms with E-state index in [1.165, 1.54) is 21.8 Å². The third-order valence-corrected chi connectivity index (χ3v) is 4.21. The summed E-state index contributed by atoms with van der Waals surface area (Å²) in [5.41, 5.74) is 6.71. The molecule has 1 heterocycles. The van der Waals surface area contributed by atoms with Crippen LogP contribution in [0, 0.1) is 11.3 Å². The third-order valence-electron chi connectivity index (χ3n) is 2.98. The van der Waals surface area contributed by atoms with Gasteiger partial charge in [0.25, 0.3) is 0 Å². The van der Waals surface area contributed by atoms with Crippen LogP contribution in [-0.2, 0) is 22.4 Å². The molecule has 1 atom stereocenters. The van der Waals surface area contributed by atoms with Crippen LogP contribution < -0.4 is 5.73 Å². The second-order valence-corrected chi connectivity index (χ2v) is 5.30. The van der Waals surface area contributed by atoms with Crippen molar-refractivity contribution in [2.45, 2.75) is 26.2 Å². The molecule has 1 aromatic heterocycles. The number of nitrogen functional groups attached to an aromatic ring is 1. The zero-order valence-electron chi connectivity index (χ0n) is 9.79. The van der Waals surface area contributed by atoms with E-state index in [0.717, 1.165) is 24.1 Å². The van der Waals surface area contributed by atoms with Crippen molar-refractivity contribution in [3.05, 3.63) is 21.4 Å². The lowest BCUT2D eigenvalue weighted by Gasteiger charge is -2.19. The Kier molecular flexibility index (Phi) is 3.47. The smallest absolute Gasteiger partial charge is 0.309 e. The lowest BCUT2D eigenvalue weighted by Crippen LogP contribution is -2.23. The summed E-state index contributed by atoms with van der Waals surface area (Å²) in [6.07, 6.45) is 2.44. The van der Waals surface area contributed by atoms with Gasteiger partial charge in [-0.2, -0.15) is 0 Å². The van der Waals surface area contributed by atoms with Crippen molar-refractivity contribution >= 4 is 23.1 Å². The first-order valence-corrected chi connectivity index (χ1v) is 6.56. The first-order chi connectivity index (χ1) is 8.11. The first kappa shape index (κ1) is 12.1. The van der Waals surface area contributed by atoms with Gasteiger partial charge in [-0.1, -0.05) is 0 Å². The van der Waals surface area contributed by atoms with Crippen molar-refractivity contribution in [3.63, 3.8) is 0 Å². The summed E-state index contributed by atoms with van der Waals surface area (Å²) in [4.78, 5) is 13.6. The molecule has 4 nitrogen and oxygen atoms in total. The second kappa shape index (κ2) is 4.87. The summed E-state index contributed by atoms with van der Waals surface area (Å²) in [6.45, 7) is 2.26. The number of aryl methyl sites for hydroxylation is 1. The molecule has 0 spiro atoms. The molecule has 1 aliphatic rings. The molecule has 3 N–H and O–H groups in total. The Morgan fingerprint density at radius 2 is 2.47 bits per heavy atom. The predicted octanol–water partition coefficient (Wildman–Crippen LogP) is 1.70. The van der Waals surface area contributed by atoms with Crippen LogP contribution in [0.5, 0.6) is 0 Å². The van der Waals surface area contributed by atoms with E-state index >= 15 is 0 Å². The Morgan fingerprint density at radius 3 is 3.12 bits per heavy atom. The SMILES string of the molecule is CCOC(=O)C1CCc2cc(C(=N)N)sc2C1. The molecule has 0 aliphatic heterocycles. The quantitative estimate of drug-likeness (QED) is 0.488. The van der Waals surface area contributed by atoms with Crippen LogP contribution in [-0.4, -0.2) is 18.4 Å². The second-order valence-electron chi connectivity index (χ2n) is 4.16. The largest absolute Gasteiger partial charge is 0.466 e. The van der Waals surface area contributed by atoms with Crippen molar-refractivity contribution in [3.8, 4) is 0 Å². The van der Waals surface area contributed by atoms with Crippen LogP contribution in [0.15, 0.2) is 6.07 Å². The Morgan fingerprint density at radius 1 is 1.71 bits per heavy atom. The molecule has 0 fully saturated rings. The molecule has 0 radical (unpaired) electrons. The number of thiophene rings is 1. The van der Waals surface area contributed by atoms with E-state index in [9.17, 15) is 4.79 Å². The highest BCUT2D eigenvalue weighted by atomic mass is 32.1. The van der Waals surface area contributed by atoms with Gasteiger partial charge in [0, 0.05) is 4.88 Å². The molecule has 2 rings (SSSR count). The molecule has 5 heteroatoms. The molecule has 1 aromatic rings. The molecular formula is C12H16N2O2S. The van der Waals surface area contributed by atoms with Gasteiger partial charge in [0.1, 0.15) is 5.84 Å². The maximum atomic E-state index is 11.7. The number of hydrogen-bond donors (Lipinski definition) is 2. The number of nitrogens with two attached hydrogens (primary N) is 1. The molecule has 0 aromatic carbocycles. The molecule has 0 bridgehead atoms. The lowest BCUT2D eigenvalue weighted by atomic mass is 9.89. The summed E-state index contributed by atoms with van der Waals surface area (Å²) >= 11 is 1.53. The molecular weight excluding hydrogens is 236 g/mol. The van der Waals surface area contributed by atoms with Crippen molar-refractivity contribution in [1.82, 2.24) is 0 Å². The van der Waals surface area contributed by atoms with E-state index in [-0.39, 0.29) is 17.7 Å². The highest BCUT2D eigenvalue weighted by molar-refractivity contribution is 7.14. The van der Waals surface area contributed by atoms with E-state index < -0.39 is 0 Å². The number of hydrogen-bond acceptors (Lipinski definition) is 4. The molecule has 17 heavy (non-hydrogen) atoms. The fraction of sp³-hybridized carbons (Fsp3) is 0.500. The lowest BCUT2D eigenvalue weighted by molar-refractivity contribution is -0.148. The number of nitrogens with one attached hydrogen (secondary N) is 1. The normalized spacial score (nSPS) is 18.5. The van der Waals surface area contributed by atoms with Gasteiger partial charge in [0.15, 0.2) is 0 Å². The molecule has 1 aliphatic carbocycles. The number of ether oxygens (including phenoxy) is 1. The Hall–Kier alpha value is -1.36. The Labute approximate surface area is 104 Å². The van der Waals surface area contributed by atoms with Crippen molar-refractivity contribution in [2.75, 3.05) is 6.61 Å². The van der Waals surface area contributed by atoms with E-state index in [1.54, 1.807) is 0 Å². The number of carbonyl (C=O) groups excluding carboxylic acids is 1. The van der Waals surface area contributed by atoms with Crippen LogP contribution in [0.25, 0.3) is 0 Å². The molecule has 1 unspecified atom stereocenters. The zero-order valence-corrected chi connectivity index (χ0v) is 10.6. The topological polar surface area (TPSA) is 76.2 Å². The number of rotatable bonds is 3. The standard InChI is InChI=1S/C12H16N2O2S/c1-2-16-12(15)8-4-3-7-5-10(11(13)14)17-9(7)6-8/h5,8H,2-4,6H2,1H3,(H3,13,14). The minimum atomic E-state index is -0.101. The van der Waals surface area contributed by atoms with Gasteiger partial charge in [-0.3, -0.25) is 10.2 Å². The number of carbonyl (C=O) groups is 1. The summed E-state index contributed by atoms with van der Waals surface area (Å²) in [5.74, 6) is -0.0195. The highest BCUT2D eigenvalue weighted by Crippen LogP contribution is 2.32. The summed E-state index contributed by atoms with van der Waals surface area (Å²) in [5, 5.41) is 7.41. The maximum Gasteiger partial charge on any atom is 0.309 e. The summed E-state index contributed by atoms with van der Waals surface area (Å²) < 4.78 is 5.05. The van der Waals surface area contributed by atoms with Crippen LogP contribution in [0.2, 0.25) is 0 Å². The van der Waals surface area contributed by atoms with Crippen LogP contribution in [0.1, 0.15) is 28.7 Å². The van der Waals surface area contributed by atoms with Crippen molar-refractivity contribution < 1.29 is 9.53 Å². The molecule has 0 saturated heterocycles. The number of esters is 1. The van der Waals surface area contributed by atoms with Crippen LogP contribution >= 0.6 is 11.3 Å². The van der Waals surface area contributed by atoms with E-state index in [2.05, 4.69) is 0 Å². The first-order valence-electron chi connectivity index (χ1n) is 5.74. The monoisotopic (exact) mass is 252 g/mol. The van der Waals surface area contributed by atoms with Crippen LogP contribution in [0.3, 0.4) is 0 Å². The Balaban J connectivity index is 2.13. The predicted molar refractivity (Wildman–Crippen MR) is 67.5 cm³/mol. The van der Waals surface area contributed by atoms with Gasteiger partial charge in [-0.25, -0.2) is 0 Å². The Bertz CT molecular complexity index is 453. The average Bonchev–Trinajstić information content (AvgIpc) is 2.71. The van der Waals surface area contributed by atoms with E-state index in [4.69, 9.17) is 15.9 Å². The third kappa shape index (κ3) is 2.49. The minimum Gasteiger partial charge on any atom is -0.466 e. The number of amidine groups is 1. The fourth-order valence-corrected chi connectivity index (χ4v) is 3.25. The molecule has 92 valence electrons. The number of fused-ring (bicyclic) bond motifs is 1. The summed E-state index contributed by atoms with van der Waals surface area (Å²) in [7, 11) is 0. The van der Waals surface area contributed by atoms with Gasteiger partial charge >= 0.3 is 5.97 Å². The average molecular weight is 252 g/mol. The van der Waals surface area contributed by atoms with Crippen molar-refractivity contribution in [1.29, 1.82) is 5.41 Å². The fourth-order valence-electron chi connectivity index (χ4n) is 2.10. The zero-order chi connectivity index (χ0) is 12.4.